The number of hydrogen-bond donors (Lipinski definition) is 3. The molecule has 0 bridgehead atoms. The molecule has 0 aliphatic carbocycles. The van der Waals surface area contributed by atoms with Crippen molar-refractivity contribution in [3.8, 4) is 0 Å². The van der Waals surface area contributed by atoms with Gasteiger partial charge in [-0.3, -0.25) is 0 Å². The molecule has 9 nitrogen and oxygen atoms in total. The van der Waals surface area contributed by atoms with E-state index in [4.69, 9.17) is 9.47 Å². The first-order valence-electron chi connectivity index (χ1n) is 8.24. The summed E-state index contributed by atoms with van der Waals surface area (Å²) in [5.74, 6) is -2.68. The van der Waals surface area contributed by atoms with E-state index in [-0.39, 0.29) is 27.3 Å². The number of benzene rings is 1. The summed E-state index contributed by atoms with van der Waals surface area (Å²) in [5, 5.41) is 12.6. The highest BCUT2D eigenvalue weighted by Gasteiger charge is 2.40. The first-order chi connectivity index (χ1) is 13.2. The Balaban J connectivity index is 2.91. The van der Waals surface area contributed by atoms with Crippen molar-refractivity contribution < 1.29 is 32.6 Å². The van der Waals surface area contributed by atoms with E-state index in [1.807, 2.05) is 0 Å². The molecule has 1 unspecified atom stereocenters. The highest BCUT2D eigenvalue weighted by Crippen LogP contribution is 2.41. The van der Waals surface area contributed by atoms with Crippen LogP contribution in [0.2, 0.25) is 0 Å². The van der Waals surface area contributed by atoms with E-state index in [0.717, 1.165) is 7.11 Å². The van der Waals surface area contributed by atoms with Crippen molar-refractivity contribution in [2.75, 3.05) is 27.9 Å². The van der Waals surface area contributed by atoms with E-state index < -0.39 is 34.5 Å². The molecule has 2 rings (SSSR count). The smallest absolute Gasteiger partial charge is 0.336 e. The Kier molecular flexibility index (Phi) is 6.60. The summed E-state index contributed by atoms with van der Waals surface area (Å²) in [5.41, 5.74) is 0.571. The molecule has 1 aliphatic heterocycles. The van der Waals surface area contributed by atoms with Crippen LogP contribution in [-0.4, -0.2) is 53.3 Å². The van der Waals surface area contributed by atoms with Crippen molar-refractivity contribution >= 4 is 22.0 Å². The van der Waals surface area contributed by atoms with E-state index in [1.54, 1.807) is 13.0 Å². The number of aliphatic hydroxyl groups excluding tert-OH is 1. The summed E-state index contributed by atoms with van der Waals surface area (Å²) in [6.45, 7) is 1.02. The fourth-order valence-corrected chi connectivity index (χ4v) is 4.11. The van der Waals surface area contributed by atoms with Crippen molar-refractivity contribution in [1.29, 1.82) is 0 Å². The molecule has 1 heterocycles. The van der Waals surface area contributed by atoms with E-state index in [9.17, 15) is 23.1 Å². The summed E-state index contributed by atoms with van der Waals surface area (Å²) < 4.78 is 37.0. The number of carbonyl (C=O) groups is 2. The Labute approximate surface area is 163 Å². The average molecular weight is 410 g/mol. The summed E-state index contributed by atoms with van der Waals surface area (Å²) in [6, 6.07) is 5.97. The predicted octanol–water partition coefficient (Wildman–Crippen LogP) is 0.148. The normalized spacial score (nSPS) is 17.2. The molecule has 28 heavy (non-hydrogen) atoms. The third-order valence-corrected chi connectivity index (χ3v) is 5.89. The number of methoxy groups -OCH3 is 2. The lowest BCUT2D eigenvalue weighted by atomic mass is 9.80. The molecule has 1 aromatic rings. The number of sulfonamides is 1. The Bertz CT molecular complexity index is 964. The number of ether oxygens (including phenoxy) is 2. The molecular formula is C18H22N2O7S. The van der Waals surface area contributed by atoms with Crippen LogP contribution in [0.1, 0.15) is 18.4 Å². The Hall–Kier alpha value is -2.69. The van der Waals surface area contributed by atoms with Crippen LogP contribution in [0.4, 0.5) is 0 Å². The second-order valence-corrected chi connectivity index (χ2v) is 7.73. The fourth-order valence-electron chi connectivity index (χ4n) is 3.14. The van der Waals surface area contributed by atoms with Gasteiger partial charge in [0, 0.05) is 5.70 Å². The minimum atomic E-state index is -3.91. The first-order valence-corrected chi connectivity index (χ1v) is 9.72. The van der Waals surface area contributed by atoms with E-state index in [1.165, 1.54) is 32.4 Å². The van der Waals surface area contributed by atoms with Crippen LogP contribution in [0.25, 0.3) is 0 Å². The highest BCUT2D eigenvalue weighted by molar-refractivity contribution is 7.89. The van der Waals surface area contributed by atoms with Gasteiger partial charge in [-0.15, -0.1) is 0 Å². The Morgan fingerprint density at radius 3 is 2.25 bits per heavy atom. The lowest BCUT2D eigenvalue weighted by Crippen LogP contribution is -2.35. The van der Waals surface area contributed by atoms with Gasteiger partial charge in [0.25, 0.3) is 0 Å². The Morgan fingerprint density at radius 2 is 1.71 bits per heavy atom. The minimum Gasteiger partial charge on any atom is -0.466 e. The van der Waals surface area contributed by atoms with E-state index >= 15 is 0 Å². The number of aliphatic hydroxyl groups is 1. The molecule has 0 radical (unpaired) electrons. The van der Waals surface area contributed by atoms with Crippen LogP contribution >= 0.6 is 0 Å². The van der Waals surface area contributed by atoms with Crippen LogP contribution < -0.4 is 10.0 Å². The molecule has 1 aromatic carbocycles. The van der Waals surface area contributed by atoms with Gasteiger partial charge in [0.15, 0.2) is 0 Å². The van der Waals surface area contributed by atoms with Crippen LogP contribution in [0.15, 0.2) is 51.7 Å². The molecule has 0 saturated carbocycles. The van der Waals surface area contributed by atoms with Crippen molar-refractivity contribution in [1.82, 2.24) is 10.0 Å². The SMILES string of the molecule is CNS(=O)(=O)c1ccccc1C1C(C(=O)OC)=C(C)NC(CO)=C1C(=O)OC. The largest absolute Gasteiger partial charge is 0.466 e. The van der Waals surface area contributed by atoms with Gasteiger partial charge in [-0.1, -0.05) is 18.2 Å². The molecule has 0 fully saturated rings. The molecular weight excluding hydrogens is 388 g/mol. The zero-order valence-electron chi connectivity index (χ0n) is 15.9. The topological polar surface area (TPSA) is 131 Å². The maximum absolute atomic E-state index is 12.5. The number of nitrogens with one attached hydrogen (secondary N) is 2. The van der Waals surface area contributed by atoms with Crippen molar-refractivity contribution in [2.24, 2.45) is 0 Å². The number of allylic oxidation sites excluding steroid dienone is 1. The van der Waals surface area contributed by atoms with Gasteiger partial charge in [-0.2, -0.15) is 0 Å². The van der Waals surface area contributed by atoms with Crippen molar-refractivity contribution in [3.05, 3.63) is 52.4 Å². The van der Waals surface area contributed by atoms with E-state index in [0.29, 0.717) is 5.70 Å². The van der Waals surface area contributed by atoms with E-state index in [2.05, 4.69) is 10.0 Å². The molecule has 0 saturated heterocycles. The standard InChI is InChI=1S/C18H22N2O7S/c1-10-14(17(22)26-3)15(16(18(23)27-4)12(9-21)20-10)11-7-5-6-8-13(11)28(24,25)19-2/h5-8,15,19-21H,9H2,1-4H3. The summed E-state index contributed by atoms with van der Waals surface area (Å²) >= 11 is 0. The molecule has 10 heteroatoms. The van der Waals surface area contributed by atoms with Crippen LogP contribution in [-0.2, 0) is 29.1 Å². The molecule has 152 valence electrons. The monoisotopic (exact) mass is 410 g/mol. The Morgan fingerprint density at radius 1 is 1.14 bits per heavy atom. The third kappa shape index (κ3) is 3.79. The number of esters is 2. The fraction of sp³-hybridized carbons (Fsp3) is 0.333. The maximum atomic E-state index is 12.5. The first kappa shape index (κ1) is 21.6. The molecule has 0 aromatic heterocycles. The zero-order valence-corrected chi connectivity index (χ0v) is 16.7. The van der Waals surface area contributed by atoms with Gasteiger partial charge in [-0.25, -0.2) is 22.7 Å². The van der Waals surface area contributed by atoms with Crippen LogP contribution in [0, 0.1) is 0 Å². The summed E-state index contributed by atoms with van der Waals surface area (Å²) in [4.78, 5) is 24.9. The molecule has 1 atom stereocenters. The minimum absolute atomic E-state index is 0.0406. The van der Waals surface area contributed by atoms with Gasteiger partial charge >= 0.3 is 11.9 Å². The average Bonchev–Trinajstić information content (AvgIpc) is 2.71. The highest BCUT2D eigenvalue weighted by atomic mass is 32.2. The lowest BCUT2D eigenvalue weighted by molar-refractivity contribution is -0.137. The van der Waals surface area contributed by atoms with Crippen molar-refractivity contribution in [2.45, 2.75) is 17.7 Å². The van der Waals surface area contributed by atoms with Crippen LogP contribution in [0.5, 0.6) is 0 Å². The molecule has 0 amide bonds. The second-order valence-electron chi connectivity index (χ2n) is 5.88. The summed E-state index contributed by atoms with van der Waals surface area (Å²) in [6.07, 6.45) is 0. The predicted molar refractivity (Wildman–Crippen MR) is 99.4 cm³/mol. The summed E-state index contributed by atoms with van der Waals surface area (Å²) in [7, 11) is -0.324. The number of hydrogen-bond acceptors (Lipinski definition) is 8. The molecule has 3 N–H and O–H groups in total. The quantitative estimate of drug-likeness (QED) is 0.565. The van der Waals surface area contributed by atoms with Crippen LogP contribution in [0.3, 0.4) is 0 Å². The van der Waals surface area contributed by atoms with Gasteiger partial charge in [0.05, 0.1) is 48.5 Å². The van der Waals surface area contributed by atoms with Gasteiger partial charge in [0.1, 0.15) is 0 Å². The molecule has 1 aliphatic rings. The van der Waals surface area contributed by atoms with Gasteiger partial charge < -0.3 is 19.9 Å². The third-order valence-electron chi connectivity index (χ3n) is 4.40. The zero-order chi connectivity index (χ0) is 21.1. The van der Waals surface area contributed by atoms with Crippen molar-refractivity contribution in [3.63, 3.8) is 0 Å². The maximum Gasteiger partial charge on any atom is 0.336 e. The lowest BCUT2D eigenvalue weighted by Gasteiger charge is -2.31. The van der Waals surface area contributed by atoms with Gasteiger partial charge in [0.2, 0.25) is 10.0 Å². The number of dihydropyridines is 1. The number of carbonyl (C=O) groups excluding carboxylic acids is 2. The molecule has 0 spiro atoms. The number of rotatable bonds is 6. The second kappa shape index (κ2) is 8.55. The van der Waals surface area contributed by atoms with Gasteiger partial charge in [-0.05, 0) is 25.6 Å².